The van der Waals surface area contributed by atoms with Crippen molar-refractivity contribution in [2.24, 2.45) is 0 Å². The van der Waals surface area contributed by atoms with Gasteiger partial charge in [0.15, 0.2) is 0 Å². The third-order valence-electron chi connectivity index (χ3n) is 2.87. The lowest BCUT2D eigenvalue weighted by atomic mass is 10.1. The zero-order valence-corrected chi connectivity index (χ0v) is 12.7. The van der Waals surface area contributed by atoms with Gasteiger partial charge in [0.1, 0.15) is 17.3 Å². The van der Waals surface area contributed by atoms with Gasteiger partial charge in [-0.05, 0) is 43.3 Å². The van der Waals surface area contributed by atoms with Gasteiger partial charge >= 0.3 is 5.97 Å². The van der Waals surface area contributed by atoms with Crippen molar-refractivity contribution in [2.45, 2.75) is 24.8 Å². The molecule has 0 saturated heterocycles. The average Bonchev–Trinajstić information content (AvgIpc) is 2.78. The maximum atomic E-state index is 14.1. The Hall–Kier alpha value is -2.03. The molecule has 2 rings (SSSR count). The van der Waals surface area contributed by atoms with Gasteiger partial charge in [-0.3, -0.25) is 0 Å². The highest BCUT2D eigenvalue weighted by molar-refractivity contribution is 7.99. The number of nitrogens with zero attached hydrogens (tertiary/aromatic N) is 3. The highest BCUT2D eigenvalue weighted by Crippen LogP contribution is 2.25. The summed E-state index contributed by atoms with van der Waals surface area (Å²) in [5.41, 5.74) is 0.502. The fourth-order valence-electron chi connectivity index (χ4n) is 1.88. The molecule has 0 aliphatic rings. The smallest absolute Gasteiger partial charge is 0.338 e. The Morgan fingerprint density at radius 3 is 2.64 bits per heavy atom. The Morgan fingerprint density at radius 2 is 2.05 bits per heavy atom. The number of hydrogen-bond acceptors (Lipinski definition) is 5. The molecule has 1 aromatic carbocycles. The first-order chi connectivity index (χ1) is 10.3. The fourth-order valence-corrected chi connectivity index (χ4v) is 2.35. The number of methoxy groups -OCH3 is 1. The van der Waals surface area contributed by atoms with Crippen LogP contribution in [-0.4, -0.2) is 33.6 Å². The maximum Gasteiger partial charge on any atom is 0.338 e. The second-order valence-electron chi connectivity index (χ2n) is 4.34. The number of halogens is 3. The van der Waals surface area contributed by atoms with Crippen LogP contribution in [0.1, 0.15) is 21.7 Å². The van der Waals surface area contributed by atoms with Crippen LogP contribution in [0.4, 0.5) is 13.2 Å². The summed E-state index contributed by atoms with van der Waals surface area (Å²) in [6.45, 7) is 3.06. The number of esters is 1. The number of hydrogen-bond donors (Lipinski definition) is 0. The van der Waals surface area contributed by atoms with E-state index in [-0.39, 0.29) is 34.0 Å². The lowest BCUT2D eigenvalue weighted by molar-refractivity contribution is 0.0600. The van der Waals surface area contributed by atoms with Gasteiger partial charge in [-0.2, -0.15) is 8.78 Å². The molecule has 0 unspecified atom stereocenters. The first-order valence-electron chi connectivity index (χ1n) is 6.10. The van der Waals surface area contributed by atoms with Crippen molar-refractivity contribution in [2.75, 3.05) is 7.11 Å². The summed E-state index contributed by atoms with van der Waals surface area (Å²) in [7, 11) is 1.21. The minimum absolute atomic E-state index is 0.0582. The molecule has 0 aliphatic carbocycles. The molecule has 22 heavy (non-hydrogen) atoms. The van der Waals surface area contributed by atoms with Gasteiger partial charge in [0, 0.05) is 0 Å². The predicted octanol–water partition coefficient (Wildman–Crippen LogP) is 3.12. The molecular formula is C13H12F3N3O2S. The van der Waals surface area contributed by atoms with Gasteiger partial charge in [-0.1, -0.05) is 0 Å². The Morgan fingerprint density at radius 1 is 1.36 bits per heavy atom. The van der Waals surface area contributed by atoms with Gasteiger partial charge in [0.05, 0.1) is 12.7 Å². The molecule has 0 radical (unpaired) electrons. The number of aryl methyl sites for hydroxylation is 2. The van der Waals surface area contributed by atoms with Crippen LogP contribution in [0.2, 0.25) is 0 Å². The largest absolute Gasteiger partial charge is 0.465 e. The van der Waals surface area contributed by atoms with Crippen LogP contribution in [0.3, 0.4) is 0 Å². The maximum absolute atomic E-state index is 14.1. The lowest BCUT2D eigenvalue weighted by Crippen LogP contribution is -2.09. The van der Waals surface area contributed by atoms with Crippen LogP contribution in [0.15, 0.2) is 17.3 Å². The third kappa shape index (κ3) is 3.24. The number of carbonyl (C=O) groups is 1. The van der Waals surface area contributed by atoms with Gasteiger partial charge in [0.2, 0.25) is 5.16 Å². The van der Waals surface area contributed by atoms with E-state index in [0.29, 0.717) is 5.56 Å². The summed E-state index contributed by atoms with van der Waals surface area (Å²) >= 11 is 0.162. The van der Waals surface area contributed by atoms with E-state index in [4.69, 9.17) is 0 Å². The molecule has 2 aromatic rings. The molecule has 118 valence electrons. The van der Waals surface area contributed by atoms with Crippen LogP contribution in [-0.2, 0) is 4.74 Å². The number of aromatic nitrogens is 3. The van der Waals surface area contributed by atoms with E-state index in [1.807, 2.05) is 0 Å². The fraction of sp³-hybridized carbons (Fsp3) is 0.308. The quantitative estimate of drug-likeness (QED) is 0.636. The Labute approximate surface area is 128 Å². The molecule has 0 bridgehead atoms. The second kappa shape index (κ2) is 6.39. The molecular weight excluding hydrogens is 319 g/mol. The number of carbonyl (C=O) groups excluding carboxylic acids is 1. The normalized spacial score (nSPS) is 11.0. The first kappa shape index (κ1) is 16.3. The van der Waals surface area contributed by atoms with E-state index < -0.39 is 17.5 Å². The summed E-state index contributed by atoms with van der Waals surface area (Å²) in [5.74, 6) is -3.73. The zero-order valence-electron chi connectivity index (χ0n) is 11.9. The molecule has 0 atom stereocenters. The van der Waals surface area contributed by atoms with Crippen molar-refractivity contribution < 1.29 is 22.7 Å². The van der Waals surface area contributed by atoms with Crippen LogP contribution in [0, 0.1) is 19.7 Å². The van der Waals surface area contributed by atoms with E-state index in [2.05, 4.69) is 14.8 Å². The zero-order chi connectivity index (χ0) is 16.4. The van der Waals surface area contributed by atoms with Crippen molar-refractivity contribution >= 4 is 17.7 Å². The SMILES string of the molecule is COC(=O)c1cc(-n2nc(SC(F)F)nc2C)c(F)cc1C. The Kier molecular flexibility index (Phi) is 4.74. The molecule has 5 nitrogen and oxygen atoms in total. The van der Waals surface area contributed by atoms with Crippen molar-refractivity contribution in [1.29, 1.82) is 0 Å². The number of alkyl halides is 2. The van der Waals surface area contributed by atoms with Crippen molar-refractivity contribution in [3.63, 3.8) is 0 Å². The van der Waals surface area contributed by atoms with Gasteiger partial charge in [0.25, 0.3) is 5.76 Å². The van der Waals surface area contributed by atoms with Crippen molar-refractivity contribution in [1.82, 2.24) is 14.8 Å². The Balaban J connectivity index is 2.52. The van der Waals surface area contributed by atoms with E-state index in [1.165, 1.54) is 20.1 Å². The molecule has 0 saturated carbocycles. The molecule has 0 N–H and O–H groups in total. The van der Waals surface area contributed by atoms with Crippen molar-refractivity contribution in [3.05, 3.63) is 34.9 Å². The van der Waals surface area contributed by atoms with E-state index in [1.54, 1.807) is 6.92 Å². The third-order valence-corrected chi connectivity index (χ3v) is 3.43. The predicted molar refractivity (Wildman–Crippen MR) is 74.0 cm³/mol. The molecule has 1 aromatic heterocycles. The number of ether oxygens (including phenoxy) is 1. The number of benzene rings is 1. The monoisotopic (exact) mass is 331 g/mol. The number of rotatable bonds is 4. The minimum Gasteiger partial charge on any atom is -0.465 e. The van der Waals surface area contributed by atoms with Crippen LogP contribution < -0.4 is 0 Å². The summed E-state index contributed by atoms with van der Waals surface area (Å²) in [4.78, 5) is 15.5. The average molecular weight is 331 g/mol. The van der Waals surface area contributed by atoms with Crippen LogP contribution >= 0.6 is 11.8 Å². The summed E-state index contributed by atoms with van der Waals surface area (Å²) in [6, 6.07) is 2.41. The first-order valence-corrected chi connectivity index (χ1v) is 6.98. The lowest BCUT2D eigenvalue weighted by Gasteiger charge is -2.09. The summed E-state index contributed by atoms with van der Waals surface area (Å²) in [5, 5.41) is 3.66. The Bertz CT molecular complexity index is 719. The molecule has 0 amide bonds. The van der Waals surface area contributed by atoms with E-state index in [0.717, 1.165) is 10.7 Å². The highest BCUT2D eigenvalue weighted by atomic mass is 32.2. The summed E-state index contributed by atoms with van der Waals surface area (Å²) < 4.78 is 44.5. The van der Waals surface area contributed by atoms with Crippen LogP contribution in [0.5, 0.6) is 0 Å². The van der Waals surface area contributed by atoms with Crippen LogP contribution in [0.25, 0.3) is 5.69 Å². The van der Waals surface area contributed by atoms with Crippen molar-refractivity contribution in [3.8, 4) is 5.69 Å². The van der Waals surface area contributed by atoms with Gasteiger partial charge in [-0.25, -0.2) is 18.9 Å². The topological polar surface area (TPSA) is 57.0 Å². The molecule has 9 heteroatoms. The minimum atomic E-state index is -2.68. The van der Waals surface area contributed by atoms with Gasteiger partial charge in [-0.15, -0.1) is 5.10 Å². The molecule has 1 heterocycles. The highest BCUT2D eigenvalue weighted by Gasteiger charge is 2.19. The summed E-state index contributed by atoms with van der Waals surface area (Å²) in [6.07, 6.45) is 0. The molecule has 0 spiro atoms. The molecule has 0 aliphatic heterocycles. The van der Waals surface area contributed by atoms with E-state index >= 15 is 0 Å². The standard InChI is InChI=1S/C13H12F3N3O2S/c1-6-4-9(14)10(5-8(6)11(20)21-3)19-7(2)17-13(18-19)22-12(15)16/h4-5,12H,1-3H3. The number of thioether (sulfide) groups is 1. The van der Waals surface area contributed by atoms with Gasteiger partial charge < -0.3 is 4.74 Å². The second-order valence-corrected chi connectivity index (χ2v) is 5.30. The van der Waals surface area contributed by atoms with E-state index in [9.17, 15) is 18.0 Å². The molecule has 0 fully saturated rings.